The summed E-state index contributed by atoms with van der Waals surface area (Å²) in [5.41, 5.74) is 2.78. The summed E-state index contributed by atoms with van der Waals surface area (Å²) in [4.78, 5) is 49.2. The highest BCUT2D eigenvalue weighted by atomic mass is 35.6. The van der Waals surface area contributed by atoms with Crippen molar-refractivity contribution in [2.75, 3.05) is 13.2 Å². The predicted molar refractivity (Wildman–Crippen MR) is 116 cm³/mol. The summed E-state index contributed by atoms with van der Waals surface area (Å²) in [6.07, 6.45) is 1.25. The fraction of sp³-hybridized carbons (Fsp3) is 0.684. The van der Waals surface area contributed by atoms with E-state index in [1.807, 2.05) is 0 Å². The van der Waals surface area contributed by atoms with Crippen molar-refractivity contribution in [2.24, 2.45) is 5.92 Å². The third-order valence-electron chi connectivity index (χ3n) is 4.28. The van der Waals surface area contributed by atoms with Gasteiger partial charge in [-0.25, -0.2) is 5.43 Å². The van der Waals surface area contributed by atoms with Crippen molar-refractivity contribution in [3.05, 3.63) is 12.7 Å². The first-order chi connectivity index (χ1) is 14.4. The molecule has 0 radical (unpaired) electrons. The third kappa shape index (κ3) is 9.64. The number of carbonyl (C=O) groups is 4. The van der Waals surface area contributed by atoms with Crippen molar-refractivity contribution in [3.63, 3.8) is 0 Å². The minimum atomic E-state index is -1.74. The molecule has 3 atom stereocenters. The topological polar surface area (TPSA) is 114 Å². The van der Waals surface area contributed by atoms with Gasteiger partial charge in [0.1, 0.15) is 18.7 Å². The Hall–Kier alpha value is -1.55. The van der Waals surface area contributed by atoms with Crippen LogP contribution in [0.1, 0.15) is 40.0 Å². The van der Waals surface area contributed by atoms with Crippen LogP contribution in [0.25, 0.3) is 0 Å². The Labute approximate surface area is 196 Å². The lowest BCUT2D eigenvalue weighted by Crippen LogP contribution is -2.60. The number of halogens is 3. The Morgan fingerprint density at radius 2 is 1.90 bits per heavy atom. The molecule has 1 rings (SSSR count). The van der Waals surface area contributed by atoms with E-state index in [0.29, 0.717) is 19.4 Å². The van der Waals surface area contributed by atoms with Crippen LogP contribution in [-0.2, 0) is 28.7 Å². The second-order valence-electron chi connectivity index (χ2n) is 7.41. The maximum Gasteiger partial charge on any atom is 0.325 e. The fourth-order valence-corrected chi connectivity index (χ4v) is 2.92. The van der Waals surface area contributed by atoms with E-state index >= 15 is 0 Å². The summed E-state index contributed by atoms with van der Waals surface area (Å²) in [5, 5.41) is 3.79. The van der Waals surface area contributed by atoms with Crippen LogP contribution in [0.2, 0.25) is 0 Å². The lowest BCUT2D eigenvalue weighted by molar-refractivity contribution is -0.158. The normalized spacial score (nSPS) is 18.7. The van der Waals surface area contributed by atoms with Gasteiger partial charge in [-0.05, 0) is 25.7 Å². The minimum Gasteiger partial charge on any atom is -0.460 e. The zero-order chi connectivity index (χ0) is 23.8. The van der Waals surface area contributed by atoms with Gasteiger partial charge in [0.05, 0.1) is 6.42 Å². The summed E-state index contributed by atoms with van der Waals surface area (Å²) < 4.78 is 8.40. The molecule has 0 bridgehead atoms. The highest BCUT2D eigenvalue weighted by Gasteiger charge is 2.34. The van der Waals surface area contributed by atoms with Gasteiger partial charge >= 0.3 is 11.9 Å². The van der Waals surface area contributed by atoms with Gasteiger partial charge < -0.3 is 14.8 Å². The summed E-state index contributed by atoms with van der Waals surface area (Å²) in [5.74, 6) is -2.61. The standard InChI is InChI=1S/C19H28Cl3N3O6/c1-5-7-14(26)31-15(11(2)3)16(27)23-12(4)17(28)25-9-6-8-13(24-25)18(29)30-10-19(20,21)22/h5,11-13,15,24H,1,6-10H2,2-4H3,(H,23,27). The first-order valence-corrected chi connectivity index (χ1v) is 10.9. The van der Waals surface area contributed by atoms with Crippen molar-refractivity contribution in [1.82, 2.24) is 15.8 Å². The Bertz CT molecular complexity index is 683. The van der Waals surface area contributed by atoms with Crippen molar-refractivity contribution in [1.29, 1.82) is 0 Å². The van der Waals surface area contributed by atoms with Crippen LogP contribution in [0.3, 0.4) is 0 Å². The number of nitrogens with one attached hydrogen (secondary N) is 2. The van der Waals surface area contributed by atoms with Gasteiger partial charge in [0, 0.05) is 6.54 Å². The van der Waals surface area contributed by atoms with Crippen molar-refractivity contribution < 1.29 is 28.7 Å². The molecule has 2 amide bonds. The van der Waals surface area contributed by atoms with Gasteiger partial charge in [0.2, 0.25) is 3.79 Å². The molecular weight excluding hydrogens is 473 g/mol. The summed E-state index contributed by atoms with van der Waals surface area (Å²) in [7, 11) is 0. The molecule has 2 N–H and O–H groups in total. The van der Waals surface area contributed by atoms with Crippen LogP contribution in [0.4, 0.5) is 0 Å². The number of rotatable bonds is 9. The van der Waals surface area contributed by atoms with Crippen LogP contribution in [0.5, 0.6) is 0 Å². The number of ether oxygens (including phenoxy) is 2. The van der Waals surface area contributed by atoms with Crippen LogP contribution < -0.4 is 10.7 Å². The van der Waals surface area contributed by atoms with Crippen LogP contribution >= 0.6 is 34.8 Å². The highest BCUT2D eigenvalue weighted by molar-refractivity contribution is 6.67. The van der Waals surface area contributed by atoms with E-state index < -0.39 is 52.3 Å². The molecule has 9 nitrogen and oxygen atoms in total. The maximum atomic E-state index is 12.7. The van der Waals surface area contributed by atoms with Gasteiger partial charge in [-0.1, -0.05) is 54.7 Å². The van der Waals surface area contributed by atoms with Crippen LogP contribution in [0, 0.1) is 5.92 Å². The molecule has 0 aliphatic carbocycles. The van der Waals surface area contributed by atoms with Gasteiger partial charge in [-0.3, -0.25) is 24.2 Å². The Morgan fingerprint density at radius 3 is 2.45 bits per heavy atom. The molecule has 0 aromatic carbocycles. The number of alkyl halides is 3. The smallest absolute Gasteiger partial charge is 0.325 e. The van der Waals surface area contributed by atoms with E-state index in [-0.39, 0.29) is 12.3 Å². The van der Waals surface area contributed by atoms with Gasteiger partial charge in [0.15, 0.2) is 6.10 Å². The average Bonchev–Trinajstić information content (AvgIpc) is 2.69. The SMILES string of the molecule is C=CCC(=O)OC(C(=O)NC(C)C(=O)N1CCCC(C(=O)OCC(Cl)(Cl)Cl)N1)C(C)C. The number of hydrazine groups is 1. The minimum absolute atomic E-state index is 0.0293. The summed E-state index contributed by atoms with van der Waals surface area (Å²) in [6, 6.07) is -1.73. The van der Waals surface area contributed by atoms with Gasteiger partial charge in [0.25, 0.3) is 11.8 Å². The van der Waals surface area contributed by atoms with E-state index in [1.165, 1.54) is 18.0 Å². The molecule has 1 aliphatic rings. The lowest BCUT2D eigenvalue weighted by atomic mass is 10.1. The molecule has 1 aliphatic heterocycles. The molecule has 1 fully saturated rings. The molecular formula is C19H28Cl3N3O6. The Kier molecular flexibility index (Phi) is 11.1. The number of hydrogen-bond acceptors (Lipinski definition) is 7. The third-order valence-corrected chi connectivity index (χ3v) is 4.60. The largest absolute Gasteiger partial charge is 0.460 e. The van der Waals surface area contributed by atoms with E-state index in [0.717, 1.165) is 0 Å². The monoisotopic (exact) mass is 499 g/mol. The molecule has 1 heterocycles. The molecule has 0 aromatic rings. The number of carbonyl (C=O) groups excluding carboxylic acids is 4. The number of esters is 2. The Morgan fingerprint density at radius 1 is 1.26 bits per heavy atom. The maximum absolute atomic E-state index is 12.7. The number of nitrogens with zero attached hydrogens (tertiary/aromatic N) is 1. The van der Waals surface area contributed by atoms with Crippen molar-refractivity contribution >= 4 is 58.6 Å². The van der Waals surface area contributed by atoms with E-state index in [4.69, 9.17) is 44.3 Å². The quantitative estimate of drug-likeness (QED) is 0.283. The molecule has 0 spiro atoms. The van der Waals surface area contributed by atoms with Crippen LogP contribution in [0.15, 0.2) is 12.7 Å². The zero-order valence-electron chi connectivity index (χ0n) is 17.7. The van der Waals surface area contributed by atoms with Crippen molar-refractivity contribution in [3.8, 4) is 0 Å². The predicted octanol–water partition coefficient (Wildman–Crippen LogP) is 2.04. The first-order valence-electron chi connectivity index (χ1n) is 9.77. The fourth-order valence-electron chi connectivity index (χ4n) is 2.76. The summed E-state index contributed by atoms with van der Waals surface area (Å²) >= 11 is 16.7. The molecule has 1 saturated heterocycles. The van der Waals surface area contributed by atoms with E-state index in [2.05, 4.69) is 17.3 Å². The molecule has 31 heavy (non-hydrogen) atoms. The Balaban J connectivity index is 2.67. The highest BCUT2D eigenvalue weighted by Crippen LogP contribution is 2.26. The zero-order valence-corrected chi connectivity index (χ0v) is 19.9. The second kappa shape index (κ2) is 12.5. The molecule has 3 unspecified atom stereocenters. The molecule has 0 aromatic heterocycles. The second-order valence-corrected chi connectivity index (χ2v) is 9.93. The van der Waals surface area contributed by atoms with E-state index in [1.54, 1.807) is 13.8 Å². The van der Waals surface area contributed by atoms with E-state index in [9.17, 15) is 19.2 Å². The lowest BCUT2D eigenvalue weighted by Gasteiger charge is -2.34. The molecule has 176 valence electrons. The molecule has 0 saturated carbocycles. The number of amides is 2. The first kappa shape index (κ1) is 27.5. The van der Waals surface area contributed by atoms with Crippen LogP contribution in [-0.4, -0.2) is 63.9 Å². The molecule has 12 heteroatoms. The van der Waals surface area contributed by atoms with Gasteiger partial charge in [-0.15, -0.1) is 6.58 Å². The average molecular weight is 501 g/mol. The van der Waals surface area contributed by atoms with Gasteiger partial charge in [-0.2, -0.15) is 0 Å². The summed E-state index contributed by atoms with van der Waals surface area (Å²) in [6.45, 7) is 8.30. The van der Waals surface area contributed by atoms with Crippen molar-refractivity contribution in [2.45, 2.75) is 62.0 Å². The number of hydrogen-bond donors (Lipinski definition) is 2.